The minimum atomic E-state index is -0.535. The predicted octanol–water partition coefficient (Wildman–Crippen LogP) is 5.84. The van der Waals surface area contributed by atoms with Gasteiger partial charge in [-0.2, -0.15) is 0 Å². The van der Waals surface area contributed by atoms with Crippen LogP contribution in [0.25, 0.3) is 0 Å². The summed E-state index contributed by atoms with van der Waals surface area (Å²) in [5.74, 6) is 0.165. The van der Waals surface area contributed by atoms with Crippen LogP contribution >= 0.6 is 23.2 Å². The SMILES string of the molecule is O=C(C[C@]1(COc2ccc(F)cc2)CCCN(C(=O)c2ccc(Cl)c(Cl)c2)C1)N1CCCCC1. The molecule has 2 fully saturated rings. The van der Waals surface area contributed by atoms with E-state index in [2.05, 4.69) is 0 Å². The molecular formula is C26H29Cl2FN2O3. The van der Waals surface area contributed by atoms with Gasteiger partial charge in [0.15, 0.2) is 0 Å². The molecule has 182 valence electrons. The van der Waals surface area contributed by atoms with Crippen molar-refractivity contribution in [3.8, 4) is 5.75 Å². The van der Waals surface area contributed by atoms with Gasteiger partial charge in [0, 0.05) is 43.6 Å². The van der Waals surface area contributed by atoms with Crippen LogP contribution in [0.2, 0.25) is 10.0 Å². The lowest BCUT2D eigenvalue weighted by Gasteiger charge is -2.43. The van der Waals surface area contributed by atoms with Crippen LogP contribution in [0.1, 0.15) is 48.9 Å². The molecular weight excluding hydrogens is 478 g/mol. The van der Waals surface area contributed by atoms with Gasteiger partial charge in [-0.15, -0.1) is 0 Å². The highest BCUT2D eigenvalue weighted by molar-refractivity contribution is 6.42. The van der Waals surface area contributed by atoms with Gasteiger partial charge in [0.1, 0.15) is 11.6 Å². The van der Waals surface area contributed by atoms with Gasteiger partial charge in [0.05, 0.1) is 16.7 Å². The zero-order valence-corrected chi connectivity index (χ0v) is 20.6. The molecule has 0 aromatic heterocycles. The van der Waals surface area contributed by atoms with Gasteiger partial charge in [0.2, 0.25) is 5.91 Å². The highest BCUT2D eigenvalue weighted by Gasteiger charge is 2.41. The third kappa shape index (κ3) is 6.02. The molecule has 8 heteroatoms. The minimum absolute atomic E-state index is 0.103. The highest BCUT2D eigenvalue weighted by Crippen LogP contribution is 2.36. The number of carbonyl (C=O) groups excluding carboxylic acids is 2. The zero-order chi connectivity index (χ0) is 24.1. The monoisotopic (exact) mass is 506 g/mol. The Morgan fingerprint density at radius 3 is 2.32 bits per heavy atom. The number of carbonyl (C=O) groups is 2. The van der Waals surface area contributed by atoms with Crippen molar-refractivity contribution in [3.05, 3.63) is 63.9 Å². The van der Waals surface area contributed by atoms with Gasteiger partial charge in [-0.1, -0.05) is 23.2 Å². The maximum atomic E-state index is 13.3. The Hall–Kier alpha value is -2.31. The smallest absolute Gasteiger partial charge is 0.253 e. The van der Waals surface area contributed by atoms with E-state index in [-0.39, 0.29) is 24.2 Å². The van der Waals surface area contributed by atoms with Crippen molar-refractivity contribution in [2.45, 2.75) is 38.5 Å². The Labute approximate surface area is 209 Å². The van der Waals surface area contributed by atoms with Crippen molar-refractivity contribution in [1.82, 2.24) is 9.80 Å². The van der Waals surface area contributed by atoms with Gasteiger partial charge in [0.25, 0.3) is 5.91 Å². The summed E-state index contributed by atoms with van der Waals surface area (Å²) < 4.78 is 19.4. The molecule has 0 saturated carbocycles. The Bertz CT molecular complexity index is 1030. The van der Waals surface area contributed by atoms with Crippen LogP contribution in [0.3, 0.4) is 0 Å². The third-order valence-electron chi connectivity index (χ3n) is 6.71. The molecule has 1 atom stereocenters. The van der Waals surface area contributed by atoms with Gasteiger partial charge in [-0.25, -0.2) is 4.39 Å². The average Bonchev–Trinajstić information content (AvgIpc) is 2.85. The lowest BCUT2D eigenvalue weighted by atomic mass is 9.77. The first kappa shape index (κ1) is 24.8. The molecule has 2 aliphatic heterocycles. The zero-order valence-electron chi connectivity index (χ0n) is 19.1. The molecule has 0 bridgehead atoms. The fourth-order valence-electron chi connectivity index (χ4n) is 4.85. The summed E-state index contributed by atoms with van der Waals surface area (Å²) in [6.45, 7) is 2.81. The molecule has 2 amide bonds. The first-order valence-corrected chi connectivity index (χ1v) is 12.5. The van der Waals surface area contributed by atoms with Crippen molar-refractivity contribution >= 4 is 35.0 Å². The maximum Gasteiger partial charge on any atom is 0.253 e. The number of ether oxygens (including phenoxy) is 1. The minimum Gasteiger partial charge on any atom is -0.493 e. The number of amides is 2. The van der Waals surface area contributed by atoms with E-state index in [1.807, 2.05) is 4.90 Å². The average molecular weight is 507 g/mol. The van der Waals surface area contributed by atoms with Crippen LogP contribution < -0.4 is 4.74 Å². The van der Waals surface area contributed by atoms with Crippen molar-refractivity contribution in [2.24, 2.45) is 5.41 Å². The summed E-state index contributed by atoms with van der Waals surface area (Å²) in [4.78, 5) is 30.2. The third-order valence-corrected chi connectivity index (χ3v) is 7.45. The number of nitrogens with zero attached hydrogens (tertiary/aromatic N) is 2. The highest BCUT2D eigenvalue weighted by atomic mass is 35.5. The van der Waals surface area contributed by atoms with E-state index in [1.54, 1.807) is 35.2 Å². The summed E-state index contributed by atoms with van der Waals surface area (Å²) in [6.07, 6.45) is 5.01. The molecule has 0 unspecified atom stereocenters. The summed E-state index contributed by atoms with van der Waals surface area (Å²) >= 11 is 12.2. The van der Waals surface area contributed by atoms with Gasteiger partial charge >= 0.3 is 0 Å². The summed E-state index contributed by atoms with van der Waals surface area (Å²) in [5.41, 5.74) is -0.0699. The van der Waals surface area contributed by atoms with E-state index in [0.717, 1.165) is 45.2 Å². The topological polar surface area (TPSA) is 49.9 Å². The molecule has 2 aromatic carbocycles. The van der Waals surface area contributed by atoms with Crippen LogP contribution in [-0.2, 0) is 4.79 Å². The Morgan fingerprint density at radius 1 is 0.912 bits per heavy atom. The molecule has 0 radical (unpaired) electrons. The number of rotatable bonds is 6. The number of hydrogen-bond donors (Lipinski definition) is 0. The van der Waals surface area contributed by atoms with E-state index in [1.165, 1.54) is 12.1 Å². The molecule has 2 saturated heterocycles. The quantitative estimate of drug-likeness (QED) is 0.494. The molecule has 0 spiro atoms. The number of piperidine rings is 2. The Kier molecular flexibility index (Phi) is 7.99. The fraction of sp³-hybridized carbons (Fsp3) is 0.462. The predicted molar refractivity (Wildman–Crippen MR) is 131 cm³/mol. The molecule has 4 rings (SSSR count). The van der Waals surface area contributed by atoms with Crippen molar-refractivity contribution < 1.29 is 18.7 Å². The van der Waals surface area contributed by atoms with Crippen LogP contribution in [0.4, 0.5) is 4.39 Å². The number of halogens is 3. The molecule has 0 aliphatic carbocycles. The summed E-state index contributed by atoms with van der Waals surface area (Å²) in [7, 11) is 0. The normalized spacial score (nSPS) is 20.8. The van der Waals surface area contributed by atoms with Crippen molar-refractivity contribution in [1.29, 1.82) is 0 Å². The molecule has 2 aliphatic rings. The van der Waals surface area contributed by atoms with Gasteiger partial charge in [-0.3, -0.25) is 9.59 Å². The standard InChI is InChI=1S/C26H29Cl2FN2O3/c27-22-10-5-19(15-23(22)28)25(33)31-14-4-11-26(17-31,16-24(32)30-12-2-1-3-13-30)18-34-21-8-6-20(29)7-9-21/h5-10,15H,1-4,11-14,16-18H2/t26-/m1/s1. The lowest BCUT2D eigenvalue weighted by molar-refractivity contribution is -0.136. The first-order chi connectivity index (χ1) is 16.3. The van der Waals surface area contributed by atoms with Crippen LogP contribution in [0.5, 0.6) is 5.75 Å². The summed E-state index contributed by atoms with van der Waals surface area (Å²) in [6, 6.07) is 10.7. The number of benzene rings is 2. The van der Waals surface area contributed by atoms with E-state index in [9.17, 15) is 14.0 Å². The molecule has 34 heavy (non-hydrogen) atoms. The van der Waals surface area contributed by atoms with Crippen LogP contribution in [0, 0.1) is 11.2 Å². The van der Waals surface area contributed by atoms with Gasteiger partial charge in [-0.05, 0) is 74.6 Å². The second kappa shape index (κ2) is 11.0. The van der Waals surface area contributed by atoms with Crippen LogP contribution in [0.15, 0.2) is 42.5 Å². The largest absolute Gasteiger partial charge is 0.493 e. The second-order valence-corrected chi connectivity index (χ2v) is 10.1. The number of likely N-dealkylation sites (tertiary alicyclic amines) is 2. The lowest BCUT2D eigenvalue weighted by Crippen LogP contribution is -2.51. The van der Waals surface area contributed by atoms with E-state index < -0.39 is 5.41 Å². The molecule has 2 heterocycles. The summed E-state index contributed by atoms with van der Waals surface area (Å²) in [5, 5.41) is 0.724. The van der Waals surface area contributed by atoms with E-state index in [0.29, 0.717) is 40.9 Å². The fourth-order valence-corrected chi connectivity index (χ4v) is 5.15. The van der Waals surface area contributed by atoms with Crippen LogP contribution in [-0.4, -0.2) is 54.4 Å². The second-order valence-electron chi connectivity index (χ2n) is 9.32. The molecule has 5 nitrogen and oxygen atoms in total. The first-order valence-electron chi connectivity index (χ1n) is 11.8. The Morgan fingerprint density at radius 2 is 1.62 bits per heavy atom. The molecule has 2 aromatic rings. The molecule has 0 N–H and O–H groups in total. The van der Waals surface area contributed by atoms with Crippen molar-refractivity contribution in [3.63, 3.8) is 0 Å². The van der Waals surface area contributed by atoms with E-state index >= 15 is 0 Å². The maximum absolute atomic E-state index is 13.3. The van der Waals surface area contributed by atoms with Gasteiger partial charge < -0.3 is 14.5 Å². The number of hydrogen-bond acceptors (Lipinski definition) is 3. The van der Waals surface area contributed by atoms with Crippen molar-refractivity contribution in [2.75, 3.05) is 32.8 Å². The van der Waals surface area contributed by atoms with E-state index in [4.69, 9.17) is 27.9 Å². The Balaban J connectivity index is 1.53.